The molecule has 2 aromatic carbocycles. The Bertz CT molecular complexity index is 842. The maximum Gasteiger partial charge on any atom is 0.185 e. The number of nitrogens with zero attached hydrogens (tertiary/aromatic N) is 1. The van der Waals surface area contributed by atoms with Gasteiger partial charge in [0.25, 0.3) is 0 Å². The second kappa shape index (κ2) is 5.58. The third-order valence-electron chi connectivity index (χ3n) is 2.76. The first kappa shape index (κ1) is 15.1. The fourth-order valence-electron chi connectivity index (χ4n) is 1.79. The van der Waals surface area contributed by atoms with E-state index in [0.717, 1.165) is 24.3 Å². The van der Waals surface area contributed by atoms with Crippen LogP contribution in [0.1, 0.15) is 11.1 Å². The Morgan fingerprint density at radius 1 is 1.00 bits per heavy atom. The Labute approximate surface area is 119 Å². The van der Waals surface area contributed by atoms with E-state index in [1.165, 1.54) is 0 Å². The minimum Gasteiger partial charge on any atom is -0.223 e. The zero-order valence-electron chi connectivity index (χ0n) is 10.5. The second-order valence-electron chi connectivity index (χ2n) is 4.25. The molecule has 0 unspecified atom stereocenters. The van der Waals surface area contributed by atoms with Crippen LogP contribution < -0.4 is 0 Å². The highest BCUT2D eigenvalue weighted by Gasteiger charge is 2.22. The molecule has 2 rings (SSSR count). The van der Waals surface area contributed by atoms with Gasteiger partial charge < -0.3 is 0 Å². The van der Waals surface area contributed by atoms with Crippen molar-refractivity contribution in [3.05, 3.63) is 65.0 Å². The number of benzene rings is 2. The van der Waals surface area contributed by atoms with Gasteiger partial charge in [-0.1, -0.05) is 0 Å². The van der Waals surface area contributed by atoms with E-state index in [-0.39, 0.29) is 11.1 Å². The Balaban J connectivity index is 2.50. The lowest BCUT2D eigenvalue weighted by molar-refractivity contribution is 0.552. The van der Waals surface area contributed by atoms with Crippen LogP contribution in [0.5, 0.6) is 0 Å². The SMILES string of the molecule is N#Cc1ccc(F)cc1CS(=O)(=O)c1cc(F)ccc1F. The van der Waals surface area contributed by atoms with Gasteiger partial charge in [0.15, 0.2) is 9.84 Å². The molecule has 0 aliphatic heterocycles. The molecule has 108 valence electrons. The molecule has 0 aromatic heterocycles. The van der Waals surface area contributed by atoms with Crippen LogP contribution >= 0.6 is 0 Å². The predicted octanol–water partition coefficient (Wildman–Crippen LogP) is 2.95. The van der Waals surface area contributed by atoms with E-state index < -0.39 is 37.9 Å². The summed E-state index contributed by atoms with van der Waals surface area (Å²) in [4.78, 5) is -0.823. The Kier molecular flexibility index (Phi) is 4.00. The molecule has 0 heterocycles. The van der Waals surface area contributed by atoms with Crippen molar-refractivity contribution in [1.29, 1.82) is 5.26 Å². The molecule has 0 bridgehead atoms. The average molecular weight is 311 g/mol. The molecule has 0 aliphatic carbocycles. The number of hydrogen-bond acceptors (Lipinski definition) is 3. The Morgan fingerprint density at radius 2 is 1.62 bits per heavy atom. The van der Waals surface area contributed by atoms with Gasteiger partial charge >= 0.3 is 0 Å². The summed E-state index contributed by atoms with van der Waals surface area (Å²) in [7, 11) is -4.25. The van der Waals surface area contributed by atoms with Crippen molar-refractivity contribution in [3.8, 4) is 6.07 Å². The molecule has 7 heteroatoms. The quantitative estimate of drug-likeness (QED) is 0.875. The maximum absolute atomic E-state index is 13.5. The van der Waals surface area contributed by atoms with Crippen LogP contribution in [0.4, 0.5) is 13.2 Å². The summed E-state index contributed by atoms with van der Waals surface area (Å²) in [6, 6.07) is 6.78. The van der Waals surface area contributed by atoms with Crippen molar-refractivity contribution in [2.75, 3.05) is 0 Å². The number of hydrogen-bond donors (Lipinski definition) is 0. The summed E-state index contributed by atoms with van der Waals surface area (Å²) < 4.78 is 64.0. The minimum absolute atomic E-state index is 0.0446. The van der Waals surface area contributed by atoms with Gasteiger partial charge in [0.05, 0.1) is 17.4 Å². The molecule has 0 atom stereocenters. The zero-order valence-corrected chi connectivity index (χ0v) is 11.3. The minimum atomic E-state index is -4.25. The molecule has 0 aliphatic rings. The van der Waals surface area contributed by atoms with Crippen LogP contribution in [0.25, 0.3) is 0 Å². The van der Waals surface area contributed by atoms with Gasteiger partial charge in [-0.3, -0.25) is 0 Å². The number of halogens is 3. The molecule has 0 N–H and O–H groups in total. The first-order valence-electron chi connectivity index (χ1n) is 5.70. The van der Waals surface area contributed by atoms with Crippen LogP contribution in [-0.4, -0.2) is 8.42 Å². The summed E-state index contributed by atoms with van der Waals surface area (Å²) in [5.41, 5.74) is -0.155. The third kappa shape index (κ3) is 3.23. The van der Waals surface area contributed by atoms with Crippen LogP contribution in [0, 0.1) is 28.8 Å². The molecule has 3 nitrogen and oxygen atoms in total. The van der Waals surface area contributed by atoms with Crippen molar-refractivity contribution >= 4 is 9.84 Å². The van der Waals surface area contributed by atoms with Gasteiger partial charge in [-0.25, -0.2) is 21.6 Å². The van der Waals surface area contributed by atoms with E-state index in [2.05, 4.69) is 0 Å². The van der Waals surface area contributed by atoms with E-state index >= 15 is 0 Å². The van der Waals surface area contributed by atoms with E-state index in [1.807, 2.05) is 0 Å². The van der Waals surface area contributed by atoms with Gasteiger partial charge in [0.2, 0.25) is 0 Å². The lowest BCUT2D eigenvalue weighted by atomic mass is 10.1. The monoisotopic (exact) mass is 311 g/mol. The lowest BCUT2D eigenvalue weighted by Gasteiger charge is -2.07. The standard InChI is InChI=1S/C14H8F3NO2S/c15-11-2-1-9(7-18)10(5-11)8-21(19,20)14-6-12(16)3-4-13(14)17/h1-6H,8H2. The van der Waals surface area contributed by atoms with Gasteiger partial charge in [0, 0.05) is 0 Å². The molecule has 0 saturated carbocycles. The smallest absolute Gasteiger partial charge is 0.185 e. The van der Waals surface area contributed by atoms with Crippen LogP contribution in [0.15, 0.2) is 41.3 Å². The highest BCUT2D eigenvalue weighted by Crippen LogP contribution is 2.22. The van der Waals surface area contributed by atoms with Crippen LogP contribution in [0.3, 0.4) is 0 Å². The van der Waals surface area contributed by atoms with Crippen molar-refractivity contribution in [2.45, 2.75) is 10.6 Å². The van der Waals surface area contributed by atoms with Gasteiger partial charge in [0.1, 0.15) is 22.3 Å². The third-order valence-corrected chi connectivity index (χ3v) is 4.44. The molecule has 21 heavy (non-hydrogen) atoms. The van der Waals surface area contributed by atoms with E-state index in [1.54, 1.807) is 6.07 Å². The lowest BCUT2D eigenvalue weighted by Crippen LogP contribution is -2.09. The number of rotatable bonds is 3. The van der Waals surface area contributed by atoms with Crippen LogP contribution in [0.2, 0.25) is 0 Å². The number of sulfone groups is 1. The summed E-state index contributed by atoms with van der Waals surface area (Å²) in [5.74, 6) is -3.53. The first-order valence-corrected chi connectivity index (χ1v) is 7.35. The van der Waals surface area contributed by atoms with Crippen molar-refractivity contribution in [3.63, 3.8) is 0 Å². The molecular weight excluding hydrogens is 303 g/mol. The molecule has 0 radical (unpaired) electrons. The van der Waals surface area contributed by atoms with Crippen molar-refractivity contribution in [1.82, 2.24) is 0 Å². The predicted molar refractivity (Wildman–Crippen MR) is 68.4 cm³/mol. The van der Waals surface area contributed by atoms with Gasteiger partial charge in [-0.2, -0.15) is 5.26 Å². The maximum atomic E-state index is 13.5. The molecule has 0 spiro atoms. The summed E-state index contributed by atoms with van der Waals surface area (Å²) >= 11 is 0. The Morgan fingerprint density at radius 3 is 2.29 bits per heavy atom. The number of nitriles is 1. The van der Waals surface area contributed by atoms with Crippen molar-refractivity contribution < 1.29 is 21.6 Å². The van der Waals surface area contributed by atoms with Gasteiger partial charge in [-0.15, -0.1) is 0 Å². The Hall–Kier alpha value is -2.33. The fraction of sp³-hybridized carbons (Fsp3) is 0.0714. The summed E-state index contributed by atoms with van der Waals surface area (Å²) in [5, 5.41) is 8.87. The molecular formula is C14H8F3NO2S. The average Bonchev–Trinajstić information content (AvgIpc) is 2.41. The van der Waals surface area contributed by atoms with E-state index in [9.17, 15) is 21.6 Å². The zero-order chi connectivity index (χ0) is 15.6. The molecule has 2 aromatic rings. The highest BCUT2D eigenvalue weighted by molar-refractivity contribution is 7.90. The summed E-state index contributed by atoms with van der Waals surface area (Å²) in [6.45, 7) is 0. The first-order chi connectivity index (χ1) is 9.83. The highest BCUT2D eigenvalue weighted by atomic mass is 32.2. The molecule has 0 fully saturated rings. The van der Waals surface area contributed by atoms with E-state index in [4.69, 9.17) is 5.26 Å². The second-order valence-corrected chi connectivity index (χ2v) is 6.21. The topological polar surface area (TPSA) is 57.9 Å². The summed E-state index contributed by atoms with van der Waals surface area (Å²) in [6.07, 6.45) is 0. The normalized spacial score (nSPS) is 11.1. The van der Waals surface area contributed by atoms with Crippen molar-refractivity contribution in [2.24, 2.45) is 0 Å². The molecule has 0 amide bonds. The largest absolute Gasteiger partial charge is 0.223 e. The van der Waals surface area contributed by atoms with E-state index in [0.29, 0.717) is 12.1 Å². The van der Waals surface area contributed by atoms with Gasteiger partial charge in [-0.05, 0) is 42.0 Å². The fourth-order valence-corrected chi connectivity index (χ4v) is 3.25. The molecule has 0 saturated heterocycles. The van der Waals surface area contributed by atoms with Crippen LogP contribution in [-0.2, 0) is 15.6 Å².